The van der Waals surface area contributed by atoms with E-state index >= 15 is 0 Å². The summed E-state index contributed by atoms with van der Waals surface area (Å²) < 4.78 is 37.2. The van der Waals surface area contributed by atoms with Crippen molar-refractivity contribution in [3.05, 3.63) is 108 Å². The van der Waals surface area contributed by atoms with Crippen molar-refractivity contribution in [2.45, 2.75) is 0 Å². The van der Waals surface area contributed by atoms with Gasteiger partial charge in [-0.05, 0) is 66.0 Å². The Labute approximate surface area is 170 Å². The van der Waals surface area contributed by atoms with Gasteiger partial charge in [0, 0.05) is 0 Å². The second-order valence-corrected chi connectivity index (χ2v) is 6.40. The fourth-order valence-electron chi connectivity index (χ4n) is 2.93. The highest BCUT2D eigenvalue weighted by Gasteiger charge is 2.17. The molecule has 0 spiro atoms. The molecule has 0 saturated carbocycles. The van der Waals surface area contributed by atoms with Crippen LogP contribution in [-0.4, -0.2) is 11.9 Å². The van der Waals surface area contributed by atoms with Gasteiger partial charge >= 0.3 is 11.9 Å². The zero-order valence-electron chi connectivity index (χ0n) is 15.5. The van der Waals surface area contributed by atoms with Gasteiger partial charge in [-0.1, -0.05) is 24.3 Å². The van der Waals surface area contributed by atoms with Crippen LogP contribution in [0.15, 0.2) is 84.9 Å². The van der Waals surface area contributed by atoms with Crippen molar-refractivity contribution in [1.82, 2.24) is 0 Å². The standard InChI is InChI=1S/C24H14F2O4/c25-18-11-7-16(8-12-18)23(27)29-20-5-1-3-15-4-2-6-21(22(15)20)30-24(28)17-9-13-19(26)14-10-17/h1-14H. The molecule has 0 bridgehead atoms. The predicted octanol–water partition coefficient (Wildman–Crippen LogP) is 5.56. The number of rotatable bonds is 4. The summed E-state index contributed by atoms with van der Waals surface area (Å²) in [6, 6.07) is 20.0. The van der Waals surface area contributed by atoms with Crippen LogP contribution >= 0.6 is 0 Å². The minimum atomic E-state index is -0.679. The second kappa shape index (κ2) is 8.13. The summed E-state index contributed by atoms with van der Waals surface area (Å²) in [7, 11) is 0. The number of benzene rings is 4. The fourth-order valence-corrected chi connectivity index (χ4v) is 2.93. The van der Waals surface area contributed by atoms with E-state index in [9.17, 15) is 18.4 Å². The molecule has 0 unspecified atom stereocenters. The molecule has 4 rings (SSSR count). The van der Waals surface area contributed by atoms with E-state index in [0.717, 1.165) is 24.3 Å². The van der Waals surface area contributed by atoms with Gasteiger partial charge in [0.15, 0.2) is 0 Å². The Morgan fingerprint density at radius 1 is 0.567 bits per heavy atom. The molecule has 6 heteroatoms. The lowest BCUT2D eigenvalue weighted by atomic mass is 10.1. The maximum Gasteiger partial charge on any atom is 0.343 e. The van der Waals surface area contributed by atoms with Crippen LogP contribution < -0.4 is 9.47 Å². The Kier molecular flexibility index (Phi) is 5.22. The van der Waals surface area contributed by atoms with Gasteiger partial charge < -0.3 is 9.47 Å². The third-order valence-electron chi connectivity index (χ3n) is 4.39. The summed E-state index contributed by atoms with van der Waals surface area (Å²) in [5.74, 6) is -1.92. The molecule has 0 amide bonds. The smallest absolute Gasteiger partial charge is 0.343 e. The van der Waals surface area contributed by atoms with Gasteiger partial charge in [-0.2, -0.15) is 0 Å². The average molecular weight is 404 g/mol. The highest BCUT2D eigenvalue weighted by Crippen LogP contribution is 2.35. The second-order valence-electron chi connectivity index (χ2n) is 6.40. The number of hydrogen-bond donors (Lipinski definition) is 0. The summed E-state index contributed by atoms with van der Waals surface area (Å²) in [5, 5.41) is 1.11. The maximum atomic E-state index is 13.1. The normalized spacial score (nSPS) is 10.6. The monoisotopic (exact) mass is 404 g/mol. The first-order valence-corrected chi connectivity index (χ1v) is 8.98. The Bertz CT molecular complexity index is 1140. The van der Waals surface area contributed by atoms with Gasteiger partial charge in [-0.15, -0.1) is 0 Å². The lowest BCUT2D eigenvalue weighted by molar-refractivity contribution is 0.0735. The van der Waals surface area contributed by atoms with Gasteiger partial charge in [0.1, 0.15) is 23.1 Å². The van der Waals surface area contributed by atoms with E-state index < -0.39 is 23.6 Å². The molecule has 148 valence electrons. The van der Waals surface area contributed by atoms with E-state index in [-0.39, 0.29) is 22.6 Å². The summed E-state index contributed by atoms with van der Waals surface area (Å²) in [6.45, 7) is 0. The third-order valence-corrected chi connectivity index (χ3v) is 4.39. The molecule has 30 heavy (non-hydrogen) atoms. The molecular formula is C24H14F2O4. The largest absolute Gasteiger partial charge is 0.422 e. The molecule has 0 radical (unpaired) electrons. The number of carbonyl (C=O) groups is 2. The summed E-state index contributed by atoms with van der Waals surface area (Å²) in [6.07, 6.45) is 0. The zero-order valence-corrected chi connectivity index (χ0v) is 15.5. The van der Waals surface area contributed by atoms with Crippen molar-refractivity contribution < 1.29 is 27.8 Å². The van der Waals surface area contributed by atoms with Crippen LogP contribution in [0.4, 0.5) is 8.78 Å². The molecule has 4 aromatic carbocycles. The van der Waals surface area contributed by atoms with Crippen LogP contribution in [-0.2, 0) is 0 Å². The van der Waals surface area contributed by atoms with E-state index in [1.807, 2.05) is 0 Å². The van der Waals surface area contributed by atoms with Gasteiger partial charge in [-0.25, -0.2) is 18.4 Å². The van der Waals surface area contributed by atoms with Gasteiger partial charge in [0.2, 0.25) is 0 Å². The van der Waals surface area contributed by atoms with E-state index in [1.54, 1.807) is 36.4 Å². The minimum absolute atomic E-state index is 0.175. The third kappa shape index (κ3) is 4.03. The molecule has 0 aromatic heterocycles. The van der Waals surface area contributed by atoms with Crippen LogP contribution in [0.25, 0.3) is 10.8 Å². The van der Waals surface area contributed by atoms with Crippen LogP contribution in [0.1, 0.15) is 20.7 Å². The lowest BCUT2D eigenvalue weighted by Gasteiger charge is -2.12. The van der Waals surface area contributed by atoms with E-state index in [4.69, 9.17) is 9.47 Å². The van der Waals surface area contributed by atoms with Crippen molar-refractivity contribution in [2.75, 3.05) is 0 Å². The molecule has 4 aromatic rings. The number of carbonyl (C=O) groups excluding carboxylic acids is 2. The Morgan fingerprint density at radius 2 is 0.967 bits per heavy atom. The molecule has 0 saturated heterocycles. The first kappa shape index (κ1) is 19.3. The molecule has 4 nitrogen and oxygen atoms in total. The van der Waals surface area contributed by atoms with Crippen molar-refractivity contribution in [1.29, 1.82) is 0 Å². The average Bonchev–Trinajstić information content (AvgIpc) is 2.75. The van der Waals surface area contributed by atoms with Crippen LogP contribution in [0.3, 0.4) is 0 Å². The quantitative estimate of drug-likeness (QED) is 0.330. The molecule has 0 atom stereocenters. The van der Waals surface area contributed by atoms with Crippen molar-refractivity contribution in [3.63, 3.8) is 0 Å². The Hall–Kier alpha value is -4.06. The first-order chi connectivity index (χ1) is 14.5. The molecule has 0 aliphatic heterocycles. The van der Waals surface area contributed by atoms with E-state index in [1.165, 1.54) is 24.3 Å². The van der Waals surface area contributed by atoms with Crippen molar-refractivity contribution in [3.8, 4) is 11.5 Å². The Balaban J connectivity index is 1.67. The molecule has 0 aliphatic carbocycles. The van der Waals surface area contributed by atoms with Gasteiger partial charge in [0.25, 0.3) is 0 Å². The molecule has 0 heterocycles. The highest BCUT2D eigenvalue weighted by molar-refractivity contribution is 6.00. The Morgan fingerprint density at radius 3 is 1.37 bits per heavy atom. The molecule has 0 aliphatic rings. The van der Waals surface area contributed by atoms with E-state index in [2.05, 4.69) is 0 Å². The number of esters is 2. The summed E-state index contributed by atoms with van der Waals surface area (Å²) >= 11 is 0. The van der Waals surface area contributed by atoms with Crippen LogP contribution in [0.5, 0.6) is 11.5 Å². The SMILES string of the molecule is O=C(Oc1cccc2cccc(OC(=O)c3ccc(F)cc3)c12)c1ccc(F)cc1. The van der Waals surface area contributed by atoms with Crippen LogP contribution in [0, 0.1) is 11.6 Å². The van der Waals surface area contributed by atoms with Crippen molar-refractivity contribution >= 4 is 22.7 Å². The summed E-state index contributed by atoms with van der Waals surface area (Å²) in [5.41, 5.74) is 0.350. The number of fused-ring (bicyclic) bond motifs is 1. The lowest BCUT2D eigenvalue weighted by Crippen LogP contribution is -2.11. The molecule has 0 N–H and O–H groups in total. The highest BCUT2D eigenvalue weighted by atomic mass is 19.1. The maximum absolute atomic E-state index is 13.1. The first-order valence-electron chi connectivity index (χ1n) is 8.98. The van der Waals surface area contributed by atoms with Gasteiger partial charge in [0.05, 0.1) is 16.5 Å². The molecular weight excluding hydrogens is 390 g/mol. The predicted molar refractivity (Wildman–Crippen MR) is 107 cm³/mol. The fraction of sp³-hybridized carbons (Fsp3) is 0. The van der Waals surface area contributed by atoms with Gasteiger partial charge in [-0.3, -0.25) is 0 Å². The van der Waals surface area contributed by atoms with Crippen molar-refractivity contribution in [2.24, 2.45) is 0 Å². The molecule has 0 fully saturated rings. The topological polar surface area (TPSA) is 52.6 Å². The number of halogens is 2. The number of hydrogen-bond acceptors (Lipinski definition) is 4. The number of ether oxygens (including phenoxy) is 2. The van der Waals surface area contributed by atoms with E-state index in [0.29, 0.717) is 10.8 Å². The zero-order chi connectivity index (χ0) is 21.1. The summed E-state index contributed by atoms with van der Waals surface area (Å²) in [4.78, 5) is 24.9. The minimum Gasteiger partial charge on any atom is -0.422 e. The van der Waals surface area contributed by atoms with Crippen LogP contribution in [0.2, 0.25) is 0 Å².